The monoisotopic (exact) mass is 319 g/mol. The van der Waals surface area contributed by atoms with Crippen LogP contribution in [0.25, 0.3) is 0 Å². The van der Waals surface area contributed by atoms with Gasteiger partial charge in [0.2, 0.25) is 5.28 Å². The SMILES string of the molecule is O=C(O)[C@H]1CCC[C@H]1Nc1nc(Cl)ncc1Br. The Hall–Kier alpha value is -0.880. The van der Waals surface area contributed by atoms with Crippen molar-refractivity contribution in [2.24, 2.45) is 5.92 Å². The third-order valence-corrected chi connectivity index (χ3v) is 3.63. The fourth-order valence-corrected chi connectivity index (χ4v) is 2.49. The molecule has 7 heteroatoms. The first kappa shape index (κ1) is 12.6. The summed E-state index contributed by atoms with van der Waals surface area (Å²) >= 11 is 9.00. The van der Waals surface area contributed by atoms with Crippen molar-refractivity contribution in [3.05, 3.63) is 16.0 Å². The van der Waals surface area contributed by atoms with Gasteiger partial charge in [0.15, 0.2) is 0 Å². The molecule has 2 atom stereocenters. The van der Waals surface area contributed by atoms with E-state index in [0.717, 1.165) is 12.8 Å². The van der Waals surface area contributed by atoms with Crippen molar-refractivity contribution in [3.63, 3.8) is 0 Å². The standard InChI is InChI=1S/C10H11BrClN3O2/c11-6-4-13-10(12)15-8(6)14-7-3-1-2-5(7)9(16)17/h4-5,7H,1-3H2,(H,16,17)(H,13,14,15)/t5-,7+/m0/s1. The van der Waals surface area contributed by atoms with Crippen LogP contribution >= 0.6 is 27.5 Å². The molecule has 1 saturated carbocycles. The number of nitrogens with zero attached hydrogens (tertiary/aromatic N) is 2. The first-order chi connectivity index (χ1) is 8.08. The van der Waals surface area contributed by atoms with E-state index in [1.165, 1.54) is 0 Å². The highest BCUT2D eigenvalue weighted by Gasteiger charge is 2.33. The van der Waals surface area contributed by atoms with E-state index in [2.05, 4.69) is 31.2 Å². The van der Waals surface area contributed by atoms with E-state index in [-0.39, 0.29) is 17.2 Å². The minimum absolute atomic E-state index is 0.102. The Morgan fingerprint density at radius 1 is 1.59 bits per heavy atom. The summed E-state index contributed by atoms with van der Waals surface area (Å²) in [4.78, 5) is 18.9. The van der Waals surface area contributed by atoms with Crippen LogP contribution in [0.3, 0.4) is 0 Å². The van der Waals surface area contributed by atoms with Crippen LogP contribution in [0.2, 0.25) is 5.28 Å². The number of hydrogen-bond acceptors (Lipinski definition) is 4. The van der Waals surface area contributed by atoms with Crippen molar-refractivity contribution in [2.75, 3.05) is 5.32 Å². The second-order valence-corrected chi connectivity index (χ2v) is 5.15. The molecule has 1 aliphatic carbocycles. The summed E-state index contributed by atoms with van der Waals surface area (Å²) in [7, 11) is 0. The number of anilines is 1. The van der Waals surface area contributed by atoms with Crippen molar-refractivity contribution in [3.8, 4) is 0 Å². The van der Waals surface area contributed by atoms with Crippen LogP contribution in [-0.4, -0.2) is 27.1 Å². The molecule has 1 aromatic rings. The Balaban J connectivity index is 2.15. The fourth-order valence-electron chi connectivity index (χ4n) is 2.05. The maximum Gasteiger partial charge on any atom is 0.308 e. The number of aromatic nitrogens is 2. The third-order valence-electron chi connectivity index (χ3n) is 2.87. The first-order valence-corrected chi connectivity index (χ1v) is 6.42. The van der Waals surface area contributed by atoms with Gasteiger partial charge in [-0.25, -0.2) is 4.98 Å². The van der Waals surface area contributed by atoms with Crippen LogP contribution in [0.4, 0.5) is 5.82 Å². The van der Waals surface area contributed by atoms with E-state index >= 15 is 0 Å². The minimum atomic E-state index is -0.767. The average Bonchev–Trinajstić information content (AvgIpc) is 2.71. The zero-order chi connectivity index (χ0) is 12.4. The van der Waals surface area contributed by atoms with Gasteiger partial charge in [-0.2, -0.15) is 4.98 Å². The highest BCUT2D eigenvalue weighted by atomic mass is 79.9. The van der Waals surface area contributed by atoms with Gasteiger partial charge in [0, 0.05) is 12.2 Å². The summed E-state index contributed by atoms with van der Waals surface area (Å²) in [5.74, 6) is -0.588. The van der Waals surface area contributed by atoms with Gasteiger partial charge in [-0.05, 0) is 40.4 Å². The Morgan fingerprint density at radius 2 is 2.35 bits per heavy atom. The lowest BCUT2D eigenvalue weighted by Gasteiger charge is -2.18. The van der Waals surface area contributed by atoms with E-state index < -0.39 is 5.97 Å². The summed E-state index contributed by atoms with van der Waals surface area (Å²) in [6.07, 6.45) is 3.97. The minimum Gasteiger partial charge on any atom is -0.481 e. The molecule has 2 rings (SSSR count). The summed E-state index contributed by atoms with van der Waals surface area (Å²) in [5.41, 5.74) is 0. The lowest BCUT2D eigenvalue weighted by molar-refractivity contribution is -0.141. The number of carbonyl (C=O) groups is 1. The zero-order valence-corrected chi connectivity index (χ0v) is 11.2. The Kier molecular flexibility index (Phi) is 3.83. The molecule has 0 spiro atoms. The van der Waals surface area contributed by atoms with Crippen LogP contribution in [0.5, 0.6) is 0 Å². The fraction of sp³-hybridized carbons (Fsp3) is 0.500. The van der Waals surface area contributed by atoms with E-state index in [9.17, 15) is 4.79 Å². The van der Waals surface area contributed by atoms with E-state index in [1.54, 1.807) is 6.20 Å². The predicted octanol–water partition coefficient (Wildman–Crippen LogP) is 2.56. The van der Waals surface area contributed by atoms with Crippen LogP contribution in [0.1, 0.15) is 19.3 Å². The number of nitrogens with one attached hydrogen (secondary N) is 1. The summed E-state index contributed by atoms with van der Waals surface area (Å²) < 4.78 is 0.679. The maximum absolute atomic E-state index is 11.0. The number of halogens is 2. The smallest absolute Gasteiger partial charge is 0.308 e. The molecule has 0 bridgehead atoms. The average molecular weight is 321 g/mol. The molecule has 0 unspecified atom stereocenters. The van der Waals surface area contributed by atoms with E-state index in [4.69, 9.17) is 16.7 Å². The Morgan fingerprint density at radius 3 is 3.06 bits per heavy atom. The lowest BCUT2D eigenvalue weighted by atomic mass is 10.0. The molecule has 0 saturated heterocycles. The maximum atomic E-state index is 11.0. The highest BCUT2D eigenvalue weighted by Crippen LogP contribution is 2.30. The van der Waals surface area contributed by atoms with Crippen LogP contribution in [0.15, 0.2) is 10.7 Å². The van der Waals surface area contributed by atoms with E-state index in [1.807, 2.05) is 0 Å². The van der Waals surface area contributed by atoms with Gasteiger partial charge in [0.25, 0.3) is 0 Å². The molecule has 17 heavy (non-hydrogen) atoms. The molecule has 2 N–H and O–H groups in total. The third kappa shape index (κ3) is 2.87. The Labute approximate surface area is 112 Å². The summed E-state index contributed by atoms with van der Waals surface area (Å²) in [5, 5.41) is 12.3. The molecule has 1 heterocycles. The zero-order valence-electron chi connectivity index (χ0n) is 8.86. The molecule has 5 nitrogen and oxygen atoms in total. The second-order valence-electron chi connectivity index (χ2n) is 3.96. The number of aliphatic carboxylic acids is 1. The molecule has 0 aromatic carbocycles. The van der Waals surface area contributed by atoms with Crippen molar-refractivity contribution in [1.82, 2.24) is 9.97 Å². The summed E-state index contributed by atoms with van der Waals surface area (Å²) in [6.45, 7) is 0. The molecule has 0 amide bonds. The second kappa shape index (κ2) is 5.18. The predicted molar refractivity (Wildman–Crippen MR) is 67.1 cm³/mol. The van der Waals surface area contributed by atoms with Crippen molar-refractivity contribution in [1.29, 1.82) is 0 Å². The van der Waals surface area contributed by atoms with Gasteiger partial charge in [0.05, 0.1) is 10.4 Å². The summed E-state index contributed by atoms with van der Waals surface area (Å²) in [6, 6.07) is -0.102. The first-order valence-electron chi connectivity index (χ1n) is 5.25. The normalized spacial score (nSPS) is 23.6. The molecular weight excluding hydrogens is 309 g/mol. The molecule has 1 aliphatic rings. The van der Waals surface area contributed by atoms with Crippen molar-refractivity contribution in [2.45, 2.75) is 25.3 Å². The quantitative estimate of drug-likeness (QED) is 0.837. The molecule has 1 aromatic heterocycles. The van der Waals surface area contributed by atoms with Gasteiger partial charge < -0.3 is 10.4 Å². The number of carboxylic acid groups (broad SMARTS) is 1. The van der Waals surface area contributed by atoms with Gasteiger partial charge in [-0.3, -0.25) is 4.79 Å². The molecule has 0 aliphatic heterocycles. The number of hydrogen-bond donors (Lipinski definition) is 2. The van der Waals surface area contributed by atoms with Crippen LogP contribution in [-0.2, 0) is 4.79 Å². The van der Waals surface area contributed by atoms with Gasteiger partial charge in [-0.15, -0.1) is 0 Å². The van der Waals surface area contributed by atoms with Crippen LogP contribution in [0, 0.1) is 5.92 Å². The molecule has 0 radical (unpaired) electrons. The topological polar surface area (TPSA) is 75.1 Å². The van der Waals surface area contributed by atoms with Crippen LogP contribution < -0.4 is 5.32 Å². The number of rotatable bonds is 3. The molecule has 92 valence electrons. The van der Waals surface area contributed by atoms with Crippen molar-refractivity contribution < 1.29 is 9.90 Å². The van der Waals surface area contributed by atoms with Crippen molar-refractivity contribution >= 4 is 39.3 Å². The lowest BCUT2D eigenvalue weighted by Crippen LogP contribution is -2.30. The molecule has 1 fully saturated rings. The molecular formula is C10H11BrClN3O2. The largest absolute Gasteiger partial charge is 0.481 e. The van der Waals surface area contributed by atoms with E-state index in [0.29, 0.717) is 16.7 Å². The van der Waals surface area contributed by atoms with Gasteiger partial charge in [0.1, 0.15) is 5.82 Å². The van der Waals surface area contributed by atoms with Gasteiger partial charge >= 0.3 is 5.97 Å². The Bertz CT molecular complexity index is 444. The number of carboxylic acids is 1. The van der Waals surface area contributed by atoms with Gasteiger partial charge in [-0.1, -0.05) is 6.42 Å². The highest BCUT2D eigenvalue weighted by molar-refractivity contribution is 9.10.